The van der Waals surface area contributed by atoms with Gasteiger partial charge in [0, 0.05) is 12.6 Å². The highest BCUT2D eigenvalue weighted by molar-refractivity contribution is 7.89. The van der Waals surface area contributed by atoms with Crippen molar-refractivity contribution in [3.8, 4) is 0 Å². The molecule has 4 nitrogen and oxygen atoms in total. The number of thiophene rings is 1. The molecular formula is C15H20N2O2S2. The van der Waals surface area contributed by atoms with Crippen LogP contribution in [-0.4, -0.2) is 14.5 Å². The summed E-state index contributed by atoms with van der Waals surface area (Å²) in [5, 5.41) is 7.38. The Bertz CT molecular complexity index is 706. The second-order valence-corrected chi connectivity index (χ2v) is 7.63. The molecule has 1 aromatic heterocycles. The first-order valence-electron chi connectivity index (χ1n) is 6.77. The van der Waals surface area contributed by atoms with Crippen molar-refractivity contribution in [2.45, 2.75) is 38.3 Å². The van der Waals surface area contributed by atoms with E-state index < -0.39 is 10.0 Å². The van der Waals surface area contributed by atoms with Crippen LogP contribution < -0.4 is 10.0 Å². The quantitative estimate of drug-likeness (QED) is 0.856. The third-order valence-corrected chi connectivity index (χ3v) is 5.63. The van der Waals surface area contributed by atoms with Gasteiger partial charge in [0.2, 0.25) is 10.0 Å². The van der Waals surface area contributed by atoms with Crippen LogP contribution in [0.15, 0.2) is 39.9 Å². The van der Waals surface area contributed by atoms with Gasteiger partial charge in [-0.3, -0.25) is 0 Å². The van der Waals surface area contributed by atoms with Crippen molar-refractivity contribution in [1.82, 2.24) is 4.72 Å². The Morgan fingerprint density at radius 2 is 1.90 bits per heavy atom. The van der Waals surface area contributed by atoms with Crippen molar-refractivity contribution in [2.75, 3.05) is 5.32 Å². The summed E-state index contributed by atoms with van der Waals surface area (Å²) in [6.45, 7) is 6.28. The number of nitrogens with one attached hydrogen (secondary N) is 2. The molecule has 0 aliphatic rings. The van der Waals surface area contributed by atoms with Gasteiger partial charge < -0.3 is 5.32 Å². The maximum Gasteiger partial charge on any atom is 0.242 e. The van der Waals surface area contributed by atoms with E-state index in [4.69, 9.17) is 0 Å². The predicted octanol–water partition coefficient (Wildman–Crippen LogP) is 3.36. The van der Waals surface area contributed by atoms with E-state index in [9.17, 15) is 8.42 Å². The van der Waals surface area contributed by atoms with Crippen LogP contribution in [0.2, 0.25) is 0 Å². The molecule has 0 fully saturated rings. The van der Waals surface area contributed by atoms with Crippen molar-refractivity contribution in [3.05, 3.63) is 46.2 Å². The van der Waals surface area contributed by atoms with E-state index in [1.165, 1.54) is 11.1 Å². The number of hydrogen-bond donors (Lipinski definition) is 2. The van der Waals surface area contributed by atoms with Crippen LogP contribution in [0.1, 0.15) is 25.0 Å². The van der Waals surface area contributed by atoms with E-state index in [-0.39, 0.29) is 10.9 Å². The average Bonchev–Trinajstić information content (AvgIpc) is 2.81. The van der Waals surface area contributed by atoms with E-state index in [1.807, 2.05) is 19.9 Å². The number of anilines is 1. The number of sulfonamides is 1. The number of hydrogen-bond acceptors (Lipinski definition) is 4. The predicted molar refractivity (Wildman–Crippen MR) is 88.3 cm³/mol. The van der Waals surface area contributed by atoms with Crippen LogP contribution in [-0.2, 0) is 16.6 Å². The molecule has 0 aliphatic heterocycles. The summed E-state index contributed by atoms with van der Waals surface area (Å²) in [7, 11) is -3.50. The summed E-state index contributed by atoms with van der Waals surface area (Å²) in [5.41, 5.74) is 3.02. The lowest BCUT2D eigenvalue weighted by Crippen LogP contribution is -2.30. The van der Waals surface area contributed by atoms with E-state index in [1.54, 1.807) is 29.5 Å². The molecule has 114 valence electrons. The van der Waals surface area contributed by atoms with Gasteiger partial charge in [-0.1, -0.05) is 12.1 Å². The van der Waals surface area contributed by atoms with Crippen LogP contribution in [0.4, 0.5) is 5.69 Å². The van der Waals surface area contributed by atoms with Gasteiger partial charge in [-0.25, -0.2) is 13.1 Å². The molecule has 0 saturated carbocycles. The molecule has 0 atom stereocenters. The fourth-order valence-electron chi connectivity index (χ4n) is 1.98. The van der Waals surface area contributed by atoms with Gasteiger partial charge in [0.15, 0.2) is 0 Å². The first-order chi connectivity index (χ1) is 9.90. The Labute approximate surface area is 130 Å². The number of aryl methyl sites for hydroxylation is 1. The van der Waals surface area contributed by atoms with Crippen LogP contribution >= 0.6 is 11.3 Å². The molecular weight excluding hydrogens is 304 g/mol. The van der Waals surface area contributed by atoms with Gasteiger partial charge >= 0.3 is 0 Å². The topological polar surface area (TPSA) is 58.2 Å². The standard InChI is InChI=1S/C15H20N2O2S2/c1-11(2)17-21(18,19)15-7-5-4-6-14(15)16-8-13-10-20-9-12(13)3/h4-7,9-11,16-17H,8H2,1-3H3. The van der Waals surface area contributed by atoms with Crippen LogP contribution in [0.5, 0.6) is 0 Å². The van der Waals surface area contributed by atoms with Gasteiger partial charge in [-0.2, -0.15) is 11.3 Å². The Balaban J connectivity index is 2.23. The van der Waals surface area contributed by atoms with Crippen molar-refractivity contribution < 1.29 is 8.42 Å². The summed E-state index contributed by atoms with van der Waals surface area (Å²) < 4.78 is 27.3. The van der Waals surface area contributed by atoms with Crippen molar-refractivity contribution in [3.63, 3.8) is 0 Å². The molecule has 0 saturated heterocycles. The largest absolute Gasteiger partial charge is 0.380 e. The summed E-state index contributed by atoms with van der Waals surface area (Å²) >= 11 is 1.65. The highest BCUT2D eigenvalue weighted by Gasteiger charge is 2.19. The van der Waals surface area contributed by atoms with Gasteiger partial charge in [0.05, 0.1) is 5.69 Å². The first-order valence-corrected chi connectivity index (χ1v) is 9.19. The monoisotopic (exact) mass is 324 g/mol. The lowest BCUT2D eigenvalue weighted by Gasteiger charge is -2.14. The molecule has 0 radical (unpaired) electrons. The zero-order chi connectivity index (χ0) is 15.5. The van der Waals surface area contributed by atoms with Gasteiger partial charge in [-0.05, 0) is 54.8 Å². The molecule has 0 bridgehead atoms. The highest BCUT2D eigenvalue weighted by Crippen LogP contribution is 2.23. The SMILES string of the molecule is Cc1cscc1CNc1ccccc1S(=O)(=O)NC(C)C. The molecule has 2 aromatic rings. The fourth-order valence-corrected chi connectivity index (χ4v) is 4.27. The van der Waals surface area contributed by atoms with Crippen molar-refractivity contribution in [2.24, 2.45) is 0 Å². The summed E-state index contributed by atoms with van der Waals surface area (Å²) in [6, 6.07) is 6.83. The number of rotatable bonds is 6. The van der Waals surface area contributed by atoms with Crippen LogP contribution in [0.3, 0.4) is 0 Å². The highest BCUT2D eigenvalue weighted by atomic mass is 32.2. The number of para-hydroxylation sites is 1. The molecule has 2 rings (SSSR count). The number of benzene rings is 1. The molecule has 0 amide bonds. The fraction of sp³-hybridized carbons (Fsp3) is 0.333. The van der Waals surface area contributed by atoms with Gasteiger partial charge in [0.1, 0.15) is 4.90 Å². The third-order valence-electron chi connectivity index (χ3n) is 3.00. The van der Waals surface area contributed by atoms with E-state index in [0.717, 1.165) is 0 Å². The third kappa shape index (κ3) is 4.06. The first kappa shape index (κ1) is 16.0. The summed E-state index contributed by atoms with van der Waals surface area (Å²) in [6.07, 6.45) is 0. The molecule has 0 aliphatic carbocycles. The van der Waals surface area contributed by atoms with Crippen LogP contribution in [0, 0.1) is 6.92 Å². The Morgan fingerprint density at radius 1 is 1.19 bits per heavy atom. The molecule has 1 heterocycles. The minimum Gasteiger partial charge on any atom is -0.380 e. The minimum atomic E-state index is -3.50. The summed E-state index contributed by atoms with van der Waals surface area (Å²) in [5.74, 6) is 0. The van der Waals surface area contributed by atoms with Crippen molar-refractivity contribution in [1.29, 1.82) is 0 Å². The van der Waals surface area contributed by atoms with E-state index in [0.29, 0.717) is 12.2 Å². The van der Waals surface area contributed by atoms with E-state index >= 15 is 0 Å². The minimum absolute atomic E-state index is 0.137. The zero-order valence-corrected chi connectivity index (χ0v) is 14.0. The average molecular weight is 324 g/mol. The zero-order valence-electron chi connectivity index (χ0n) is 12.4. The van der Waals surface area contributed by atoms with E-state index in [2.05, 4.69) is 27.7 Å². The molecule has 0 spiro atoms. The van der Waals surface area contributed by atoms with Crippen LogP contribution in [0.25, 0.3) is 0 Å². The lowest BCUT2D eigenvalue weighted by molar-refractivity contribution is 0.570. The van der Waals surface area contributed by atoms with Crippen molar-refractivity contribution >= 4 is 27.0 Å². The Morgan fingerprint density at radius 3 is 2.52 bits per heavy atom. The molecule has 21 heavy (non-hydrogen) atoms. The normalized spacial score (nSPS) is 11.8. The van der Waals surface area contributed by atoms with Gasteiger partial charge in [0.25, 0.3) is 0 Å². The molecule has 2 N–H and O–H groups in total. The van der Waals surface area contributed by atoms with Gasteiger partial charge in [-0.15, -0.1) is 0 Å². The lowest BCUT2D eigenvalue weighted by atomic mass is 10.2. The second-order valence-electron chi connectivity index (χ2n) is 5.21. The molecule has 1 aromatic carbocycles. The molecule has 0 unspecified atom stereocenters. The summed E-state index contributed by atoms with van der Waals surface area (Å²) in [4.78, 5) is 0.284. The maximum atomic E-state index is 12.3. The Kier molecular flexibility index (Phi) is 5.03. The smallest absolute Gasteiger partial charge is 0.242 e. The second kappa shape index (κ2) is 6.60. The Hall–Kier alpha value is -1.37. The molecule has 6 heteroatoms. The maximum absolute atomic E-state index is 12.3.